The molecule has 1 aliphatic heterocycles. The van der Waals surface area contributed by atoms with Crippen molar-refractivity contribution in [2.24, 2.45) is 5.92 Å². The highest BCUT2D eigenvalue weighted by molar-refractivity contribution is 5.94. The lowest BCUT2D eigenvalue weighted by molar-refractivity contribution is 0.0783. The van der Waals surface area contributed by atoms with Gasteiger partial charge in [0, 0.05) is 19.2 Å². The van der Waals surface area contributed by atoms with Crippen LogP contribution in [0.1, 0.15) is 23.7 Å². The van der Waals surface area contributed by atoms with Crippen LogP contribution in [0.2, 0.25) is 0 Å². The lowest BCUT2D eigenvalue weighted by Crippen LogP contribution is -2.29. The van der Waals surface area contributed by atoms with Crippen molar-refractivity contribution in [1.29, 1.82) is 0 Å². The summed E-state index contributed by atoms with van der Waals surface area (Å²) in [7, 11) is 0. The molecule has 0 spiro atoms. The first-order valence-electron chi connectivity index (χ1n) is 5.35. The molecule has 4 heteroatoms. The van der Waals surface area contributed by atoms with E-state index >= 15 is 0 Å². The topological polar surface area (TPSA) is 40.5 Å². The number of carbonyl (C=O) groups is 1. The van der Waals surface area contributed by atoms with Crippen molar-refractivity contribution in [3.8, 4) is 5.75 Å². The lowest BCUT2D eigenvalue weighted by atomic mass is 10.1. The number of halogens is 1. The highest BCUT2D eigenvalue weighted by Crippen LogP contribution is 2.21. The summed E-state index contributed by atoms with van der Waals surface area (Å²) in [5, 5.41) is 9.06. The Labute approximate surface area is 93.5 Å². The summed E-state index contributed by atoms with van der Waals surface area (Å²) in [6.45, 7) is 3.43. The van der Waals surface area contributed by atoms with Crippen LogP contribution in [0.5, 0.6) is 5.75 Å². The van der Waals surface area contributed by atoms with Crippen LogP contribution in [0, 0.1) is 11.7 Å². The summed E-state index contributed by atoms with van der Waals surface area (Å²) in [5.74, 6) is -0.639. The number of hydrogen-bond acceptors (Lipinski definition) is 2. The van der Waals surface area contributed by atoms with Gasteiger partial charge in [-0.05, 0) is 24.5 Å². The second kappa shape index (κ2) is 4.12. The molecule has 1 aromatic carbocycles. The molecule has 1 N–H and O–H groups in total. The fraction of sp³-hybridized carbons (Fsp3) is 0.417. The van der Waals surface area contributed by atoms with E-state index in [1.807, 2.05) is 0 Å². The fourth-order valence-electron chi connectivity index (χ4n) is 1.97. The van der Waals surface area contributed by atoms with E-state index in [4.69, 9.17) is 5.11 Å². The molecule has 0 radical (unpaired) electrons. The molecule has 1 saturated heterocycles. The van der Waals surface area contributed by atoms with Gasteiger partial charge in [-0.1, -0.05) is 6.92 Å². The van der Waals surface area contributed by atoms with Gasteiger partial charge < -0.3 is 10.0 Å². The maximum Gasteiger partial charge on any atom is 0.256 e. The highest BCUT2D eigenvalue weighted by atomic mass is 19.1. The van der Waals surface area contributed by atoms with Gasteiger partial charge in [-0.3, -0.25) is 4.79 Å². The van der Waals surface area contributed by atoms with Crippen molar-refractivity contribution in [3.05, 3.63) is 29.6 Å². The molecule has 1 fully saturated rings. The molecule has 1 atom stereocenters. The quantitative estimate of drug-likeness (QED) is 0.791. The minimum absolute atomic E-state index is 0.0342. The Morgan fingerprint density at radius 1 is 1.56 bits per heavy atom. The molecule has 0 aliphatic carbocycles. The average Bonchev–Trinajstić information content (AvgIpc) is 2.64. The minimum atomic E-state index is -0.662. The normalized spacial score (nSPS) is 20.1. The maximum absolute atomic E-state index is 13.4. The Morgan fingerprint density at radius 3 is 2.88 bits per heavy atom. The zero-order valence-corrected chi connectivity index (χ0v) is 9.11. The van der Waals surface area contributed by atoms with Crippen LogP contribution < -0.4 is 0 Å². The van der Waals surface area contributed by atoms with Gasteiger partial charge >= 0.3 is 0 Å². The number of carbonyl (C=O) groups excluding carboxylic acids is 1. The fourth-order valence-corrected chi connectivity index (χ4v) is 1.97. The van der Waals surface area contributed by atoms with Crippen molar-refractivity contribution in [1.82, 2.24) is 4.90 Å². The van der Waals surface area contributed by atoms with Crippen LogP contribution in [0.3, 0.4) is 0 Å². The maximum atomic E-state index is 13.4. The van der Waals surface area contributed by atoms with Gasteiger partial charge in [-0.2, -0.15) is 0 Å². The Morgan fingerprint density at radius 2 is 2.31 bits per heavy atom. The molecule has 1 aliphatic rings. The van der Waals surface area contributed by atoms with Crippen molar-refractivity contribution in [3.63, 3.8) is 0 Å². The number of phenolic OH excluding ortho intramolecular Hbond substituents is 1. The second-order valence-electron chi connectivity index (χ2n) is 4.31. The standard InChI is InChI=1S/C12H14FNO2/c1-8-4-5-14(7-8)12(16)10-3-2-9(15)6-11(10)13/h2-3,6,8,15H,4-5,7H2,1H3. The first-order chi connectivity index (χ1) is 7.58. The number of nitrogens with zero attached hydrogens (tertiary/aromatic N) is 1. The SMILES string of the molecule is CC1CCN(C(=O)c2ccc(O)cc2F)C1. The number of benzene rings is 1. The Hall–Kier alpha value is -1.58. The van der Waals surface area contributed by atoms with E-state index < -0.39 is 5.82 Å². The smallest absolute Gasteiger partial charge is 0.256 e. The molecule has 1 amide bonds. The first kappa shape index (κ1) is 10.9. The van der Waals surface area contributed by atoms with E-state index in [1.165, 1.54) is 12.1 Å². The average molecular weight is 223 g/mol. The van der Waals surface area contributed by atoms with Crippen molar-refractivity contribution in [2.45, 2.75) is 13.3 Å². The number of amides is 1. The van der Waals surface area contributed by atoms with Gasteiger partial charge in [-0.25, -0.2) is 4.39 Å². The Bertz CT molecular complexity index is 419. The lowest BCUT2D eigenvalue weighted by Gasteiger charge is -2.16. The van der Waals surface area contributed by atoms with Gasteiger partial charge in [0.15, 0.2) is 0 Å². The number of aromatic hydroxyl groups is 1. The molecular weight excluding hydrogens is 209 g/mol. The van der Waals surface area contributed by atoms with E-state index in [-0.39, 0.29) is 17.2 Å². The van der Waals surface area contributed by atoms with Crippen LogP contribution in [-0.4, -0.2) is 29.0 Å². The molecule has 1 heterocycles. The molecule has 86 valence electrons. The summed E-state index contributed by atoms with van der Waals surface area (Å²) in [5.41, 5.74) is 0.0342. The molecule has 0 saturated carbocycles. The third-order valence-electron chi connectivity index (χ3n) is 2.89. The predicted molar refractivity (Wildman–Crippen MR) is 57.7 cm³/mol. The van der Waals surface area contributed by atoms with Crippen LogP contribution >= 0.6 is 0 Å². The molecule has 1 unspecified atom stereocenters. The van der Waals surface area contributed by atoms with Gasteiger partial charge in [0.1, 0.15) is 11.6 Å². The highest BCUT2D eigenvalue weighted by Gasteiger charge is 2.25. The molecule has 16 heavy (non-hydrogen) atoms. The zero-order valence-electron chi connectivity index (χ0n) is 9.11. The molecule has 1 aromatic rings. The monoisotopic (exact) mass is 223 g/mol. The number of rotatable bonds is 1. The van der Waals surface area contributed by atoms with Gasteiger partial charge in [0.05, 0.1) is 5.56 Å². The summed E-state index contributed by atoms with van der Waals surface area (Å²) in [6.07, 6.45) is 0.964. The summed E-state index contributed by atoms with van der Waals surface area (Å²) >= 11 is 0. The van der Waals surface area contributed by atoms with Gasteiger partial charge in [0.25, 0.3) is 5.91 Å². The van der Waals surface area contributed by atoms with Crippen LogP contribution in [-0.2, 0) is 0 Å². The number of likely N-dealkylation sites (tertiary alicyclic amines) is 1. The molecule has 0 aromatic heterocycles. The van der Waals surface area contributed by atoms with E-state index in [2.05, 4.69) is 6.92 Å². The number of phenols is 1. The van der Waals surface area contributed by atoms with Crippen molar-refractivity contribution < 1.29 is 14.3 Å². The third-order valence-corrected chi connectivity index (χ3v) is 2.89. The van der Waals surface area contributed by atoms with Crippen molar-refractivity contribution in [2.75, 3.05) is 13.1 Å². The largest absolute Gasteiger partial charge is 0.508 e. The van der Waals surface area contributed by atoms with Crippen LogP contribution in [0.15, 0.2) is 18.2 Å². The summed E-state index contributed by atoms with van der Waals surface area (Å²) in [6, 6.07) is 3.62. The van der Waals surface area contributed by atoms with Gasteiger partial charge in [-0.15, -0.1) is 0 Å². The zero-order chi connectivity index (χ0) is 11.7. The minimum Gasteiger partial charge on any atom is -0.508 e. The van der Waals surface area contributed by atoms with Crippen LogP contribution in [0.4, 0.5) is 4.39 Å². The summed E-state index contributed by atoms with van der Waals surface area (Å²) in [4.78, 5) is 13.6. The van der Waals surface area contributed by atoms with E-state index in [0.717, 1.165) is 12.5 Å². The third kappa shape index (κ3) is 2.01. The van der Waals surface area contributed by atoms with Crippen LogP contribution in [0.25, 0.3) is 0 Å². The van der Waals surface area contributed by atoms with Crippen molar-refractivity contribution >= 4 is 5.91 Å². The van der Waals surface area contributed by atoms with E-state index in [9.17, 15) is 9.18 Å². The van der Waals surface area contributed by atoms with Gasteiger partial charge in [0.2, 0.25) is 0 Å². The molecule has 3 nitrogen and oxygen atoms in total. The van der Waals surface area contributed by atoms with E-state index in [0.29, 0.717) is 19.0 Å². The number of hydrogen-bond donors (Lipinski definition) is 1. The molecule has 2 rings (SSSR count). The molecular formula is C12H14FNO2. The first-order valence-corrected chi connectivity index (χ1v) is 5.35. The Kier molecular flexibility index (Phi) is 2.81. The Balaban J connectivity index is 2.21. The molecule has 0 bridgehead atoms. The predicted octanol–water partition coefficient (Wildman–Crippen LogP) is 2.01. The summed E-state index contributed by atoms with van der Waals surface area (Å²) < 4.78 is 13.4. The van der Waals surface area contributed by atoms with E-state index in [1.54, 1.807) is 4.90 Å². The second-order valence-corrected chi connectivity index (χ2v) is 4.31.